The van der Waals surface area contributed by atoms with Crippen molar-refractivity contribution in [2.45, 2.75) is 39.0 Å². The largest absolute Gasteiger partial charge is 0.502 e. The van der Waals surface area contributed by atoms with Crippen LogP contribution in [0, 0.1) is 5.41 Å². The van der Waals surface area contributed by atoms with Crippen molar-refractivity contribution in [3.63, 3.8) is 0 Å². The first-order valence-corrected chi connectivity index (χ1v) is 7.29. The third-order valence-electron chi connectivity index (χ3n) is 3.56. The fourth-order valence-corrected chi connectivity index (χ4v) is 3.81. The molecule has 3 heteroatoms. The van der Waals surface area contributed by atoms with E-state index in [1.165, 1.54) is 19.1 Å². The maximum atomic E-state index is 11.3. The van der Waals surface area contributed by atoms with Crippen molar-refractivity contribution >= 4 is 10.8 Å². The highest BCUT2D eigenvalue weighted by atomic mass is 32.2. The molecule has 0 unspecified atom stereocenters. The minimum atomic E-state index is -0.545. The lowest BCUT2D eigenvalue weighted by molar-refractivity contribution is 0.178. The third-order valence-corrected chi connectivity index (χ3v) is 4.88. The number of ether oxygens (including phenoxy) is 1. The van der Waals surface area contributed by atoms with Crippen LogP contribution in [-0.4, -0.2) is 22.3 Å². The molecule has 0 N–H and O–H groups in total. The quantitative estimate of drug-likeness (QED) is 0.518. The van der Waals surface area contributed by atoms with E-state index >= 15 is 0 Å². The third kappa shape index (κ3) is 3.98. The minimum absolute atomic E-state index is 0.443. The molecule has 0 radical (unpaired) electrons. The van der Waals surface area contributed by atoms with Gasteiger partial charge in [-0.25, -0.2) is 0 Å². The van der Waals surface area contributed by atoms with Gasteiger partial charge in [0.25, 0.3) is 0 Å². The number of rotatable bonds is 6. The lowest BCUT2D eigenvalue weighted by Crippen LogP contribution is -2.30. The fraction of sp³-hybridized carbons (Fsp3) is 0.833. The van der Waals surface area contributed by atoms with Gasteiger partial charge in [-0.3, -0.25) is 4.21 Å². The van der Waals surface area contributed by atoms with Crippen LogP contribution in [0.25, 0.3) is 0 Å². The van der Waals surface area contributed by atoms with Crippen molar-refractivity contribution in [2.24, 2.45) is 5.41 Å². The highest BCUT2D eigenvalue weighted by Gasteiger charge is 2.31. The molecular weight excluding hydrogens is 208 g/mol. The second-order valence-electron chi connectivity index (χ2n) is 4.34. The highest BCUT2D eigenvalue weighted by Crippen LogP contribution is 2.39. The summed E-state index contributed by atoms with van der Waals surface area (Å²) in [5, 5.41) is 0. The van der Waals surface area contributed by atoms with E-state index in [-0.39, 0.29) is 0 Å². The number of hydrogen-bond donors (Lipinski definition) is 0. The summed E-state index contributed by atoms with van der Waals surface area (Å²) < 4.78 is 16.5. The van der Waals surface area contributed by atoms with E-state index in [0.717, 1.165) is 37.4 Å². The average molecular weight is 230 g/mol. The Morgan fingerprint density at radius 2 is 2.13 bits per heavy atom. The first-order chi connectivity index (χ1) is 7.22. The molecule has 0 bridgehead atoms. The van der Waals surface area contributed by atoms with Gasteiger partial charge in [-0.1, -0.05) is 19.9 Å². The van der Waals surface area contributed by atoms with Crippen LogP contribution in [0.3, 0.4) is 0 Å². The van der Waals surface area contributed by atoms with E-state index in [1.807, 2.05) is 0 Å². The molecule has 1 saturated heterocycles. The van der Waals surface area contributed by atoms with Gasteiger partial charge in [0.1, 0.15) is 0 Å². The Hall–Kier alpha value is -0.310. The molecule has 2 nitrogen and oxygen atoms in total. The van der Waals surface area contributed by atoms with Crippen LogP contribution in [0.5, 0.6) is 0 Å². The summed E-state index contributed by atoms with van der Waals surface area (Å²) in [5.74, 6) is 1.80. The Bertz CT molecular complexity index is 216. The smallest absolute Gasteiger partial charge is 0.0873 e. The van der Waals surface area contributed by atoms with E-state index in [2.05, 4.69) is 13.5 Å². The molecule has 0 spiro atoms. The molecule has 0 aromatic rings. The van der Waals surface area contributed by atoms with Crippen LogP contribution in [-0.2, 0) is 15.5 Å². The first kappa shape index (κ1) is 12.8. The topological polar surface area (TPSA) is 26.3 Å². The van der Waals surface area contributed by atoms with E-state index < -0.39 is 10.8 Å². The van der Waals surface area contributed by atoms with Crippen molar-refractivity contribution in [3.05, 3.63) is 12.8 Å². The summed E-state index contributed by atoms with van der Waals surface area (Å²) in [6, 6.07) is 0. The van der Waals surface area contributed by atoms with Crippen LogP contribution in [0.15, 0.2) is 12.8 Å². The zero-order valence-corrected chi connectivity index (χ0v) is 10.5. The van der Waals surface area contributed by atoms with Crippen LogP contribution in [0.4, 0.5) is 0 Å². The lowest BCUT2D eigenvalue weighted by atomic mass is 9.76. The van der Waals surface area contributed by atoms with Crippen molar-refractivity contribution < 1.29 is 8.95 Å². The van der Waals surface area contributed by atoms with Gasteiger partial charge in [-0.15, -0.1) is 0 Å². The van der Waals surface area contributed by atoms with E-state index in [4.69, 9.17) is 4.74 Å². The van der Waals surface area contributed by atoms with Crippen molar-refractivity contribution in [2.75, 3.05) is 18.1 Å². The van der Waals surface area contributed by atoms with Gasteiger partial charge in [0, 0.05) is 22.3 Å². The van der Waals surface area contributed by atoms with Gasteiger partial charge in [0.2, 0.25) is 0 Å². The summed E-state index contributed by atoms with van der Waals surface area (Å²) in [6.07, 6.45) is 7.27. The van der Waals surface area contributed by atoms with Crippen molar-refractivity contribution in [1.82, 2.24) is 0 Å². The molecule has 1 aliphatic heterocycles. The molecule has 15 heavy (non-hydrogen) atoms. The molecule has 88 valence electrons. The predicted molar refractivity (Wildman–Crippen MR) is 65.2 cm³/mol. The van der Waals surface area contributed by atoms with Crippen LogP contribution in [0.1, 0.15) is 39.0 Å². The monoisotopic (exact) mass is 230 g/mol. The van der Waals surface area contributed by atoms with Crippen LogP contribution < -0.4 is 0 Å². The summed E-state index contributed by atoms with van der Waals surface area (Å²) >= 11 is 0. The van der Waals surface area contributed by atoms with Gasteiger partial charge in [0.15, 0.2) is 0 Å². The van der Waals surface area contributed by atoms with Gasteiger partial charge in [-0.05, 0) is 31.1 Å². The van der Waals surface area contributed by atoms with Gasteiger partial charge in [0.05, 0.1) is 12.9 Å². The van der Waals surface area contributed by atoms with E-state index in [0.29, 0.717) is 5.41 Å². The first-order valence-electron chi connectivity index (χ1n) is 5.80. The predicted octanol–water partition coefficient (Wildman–Crippen LogP) is 2.87. The van der Waals surface area contributed by atoms with Gasteiger partial charge in [-0.2, -0.15) is 0 Å². The fourth-order valence-electron chi connectivity index (χ4n) is 2.28. The molecule has 0 saturated carbocycles. The molecule has 0 atom stereocenters. The Balaban J connectivity index is 2.33. The maximum absolute atomic E-state index is 11.3. The zero-order chi connectivity index (χ0) is 11.1. The Labute approximate surface area is 95.5 Å². The molecule has 0 aromatic carbocycles. The highest BCUT2D eigenvalue weighted by molar-refractivity contribution is 7.85. The van der Waals surface area contributed by atoms with E-state index in [9.17, 15) is 4.21 Å². The minimum Gasteiger partial charge on any atom is -0.502 e. The van der Waals surface area contributed by atoms with Crippen molar-refractivity contribution in [3.8, 4) is 0 Å². The molecule has 0 amide bonds. The van der Waals surface area contributed by atoms with Gasteiger partial charge >= 0.3 is 0 Å². The average Bonchev–Trinajstić information content (AvgIpc) is 2.28. The Kier molecular flexibility index (Phi) is 5.37. The van der Waals surface area contributed by atoms with Crippen LogP contribution >= 0.6 is 0 Å². The molecule has 1 rings (SSSR count). The normalized spacial score (nSPS) is 31.1. The second-order valence-corrected chi connectivity index (χ2v) is 6.04. The van der Waals surface area contributed by atoms with E-state index in [1.54, 1.807) is 0 Å². The maximum Gasteiger partial charge on any atom is 0.0873 e. The van der Waals surface area contributed by atoms with Crippen LogP contribution in [0.2, 0.25) is 0 Å². The Morgan fingerprint density at radius 1 is 1.47 bits per heavy atom. The molecule has 1 heterocycles. The van der Waals surface area contributed by atoms with Gasteiger partial charge < -0.3 is 4.74 Å². The van der Waals surface area contributed by atoms with Crippen molar-refractivity contribution in [1.29, 1.82) is 0 Å². The molecule has 1 aliphatic rings. The second kappa shape index (κ2) is 6.31. The molecular formula is C12H22O2S. The summed E-state index contributed by atoms with van der Waals surface area (Å²) in [5.41, 5.74) is 0.443. The molecule has 0 aromatic heterocycles. The molecule has 0 aliphatic carbocycles. The number of hydrogen-bond acceptors (Lipinski definition) is 2. The summed E-state index contributed by atoms with van der Waals surface area (Å²) in [4.78, 5) is 0. The SMILES string of the molecule is C=COCCCC1(CC)CCS(=O)CC1. The summed E-state index contributed by atoms with van der Waals surface area (Å²) in [7, 11) is -0.545. The standard InChI is InChI=1S/C12H22O2S/c1-3-12(6-5-9-14-4-2)7-10-15(13)11-8-12/h4H,2-3,5-11H2,1H3. The lowest BCUT2D eigenvalue weighted by Gasteiger charge is -2.36. The molecule has 1 fully saturated rings. The Morgan fingerprint density at radius 3 is 2.67 bits per heavy atom. The zero-order valence-electron chi connectivity index (χ0n) is 9.67. The summed E-state index contributed by atoms with van der Waals surface area (Å²) in [6.45, 7) is 6.55.